The average molecular weight is 395 g/mol. The topological polar surface area (TPSA) is 95.1 Å². The van der Waals surface area contributed by atoms with Gasteiger partial charge in [0, 0.05) is 58.0 Å². The summed E-state index contributed by atoms with van der Waals surface area (Å²) in [5.74, 6) is 0.126. The smallest absolute Gasteiger partial charge is 0.323 e. The molecule has 148 valence electrons. The monoisotopic (exact) mass is 395 g/mol. The largest absolute Gasteiger partial charge is 0.378 e. The fourth-order valence-electron chi connectivity index (χ4n) is 3.08. The summed E-state index contributed by atoms with van der Waals surface area (Å²) in [5.41, 5.74) is 0.799. The highest BCUT2D eigenvalue weighted by Crippen LogP contribution is 2.18. The number of morpholine rings is 1. The number of aryl methyl sites for hydroxylation is 1. The lowest BCUT2D eigenvalue weighted by Crippen LogP contribution is -2.50. The minimum absolute atomic E-state index is 0.0521. The van der Waals surface area contributed by atoms with E-state index in [4.69, 9.17) is 4.74 Å². The summed E-state index contributed by atoms with van der Waals surface area (Å²) < 4.78 is 5.24. The van der Waals surface area contributed by atoms with Gasteiger partial charge < -0.3 is 19.4 Å². The average Bonchev–Trinajstić information content (AvgIpc) is 3.14. The maximum atomic E-state index is 12.3. The second-order valence-corrected chi connectivity index (χ2v) is 7.42. The fraction of sp³-hybridized carbons (Fsp3) is 0.647. The first-order valence-electron chi connectivity index (χ1n) is 9.14. The van der Waals surface area contributed by atoms with Crippen molar-refractivity contribution in [3.05, 3.63) is 11.1 Å². The number of ether oxygens (including phenoxy) is 1. The van der Waals surface area contributed by atoms with Crippen molar-refractivity contribution in [2.45, 2.75) is 19.8 Å². The number of thiazole rings is 1. The molecular formula is C17H25N5O4S. The second-order valence-electron chi connectivity index (χ2n) is 6.56. The molecule has 27 heavy (non-hydrogen) atoms. The van der Waals surface area contributed by atoms with Crippen molar-refractivity contribution >= 4 is 34.3 Å². The van der Waals surface area contributed by atoms with Gasteiger partial charge in [-0.2, -0.15) is 0 Å². The molecule has 3 rings (SSSR count). The van der Waals surface area contributed by atoms with Crippen molar-refractivity contribution in [2.75, 3.05) is 57.8 Å². The number of hydrogen-bond donors (Lipinski definition) is 1. The van der Waals surface area contributed by atoms with Crippen LogP contribution >= 0.6 is 11.3 Å². The zero-order chi connectivity index (χ0) is 19.2. The summed E-state index contributed by atoms with van der Waals surface area (Å²) in [5, 5.41) is 5.22. The van der Waals surface area contributed by atoms with Gasteiger partial charge in [0.15, 0.2) is 5.13 Å². The Kier molecular flexibility index (Phi) is 6.62. The maximum absolute atomic E-state index is 12.3. The van der Waals surface area contributed by atoms with Gasteiger partial charge in [0.2, 0.25) is 11.8 Å². The van der Waals surface area contributed by atoms with Crippen LogP contribution in [-0.2, 0) is 20.7 Å². The van der Waals surface area contributed by atoms with Gasteiger partial charge in [-0.05, 0) is 6.42 Å². The van der Waals surface area contributed by atoms with Crippen molar-refractivity contribution < 1.29 is 19.1 Å². The highest BCUT2D eigenvalue weighted by Gasteiger charge is 2.22. The van der Waals surface area contributed by atoms with Gasteiger partial charge in [0.25, 0.3) is 0 Å². The van der Waals surface area contributed by atoms with E-state index in [-0.39, 0.29) is 17.8 Å². The lowest BCUT2D eigenvalue weighted by Gasteiger charge is -2.34. The Morgan fingerprint density at radius 1 is 1.07 bits per heavy atom. The molecule has 10 heteroatoms. The number of nitrogens with one attached hydrogen (secondary N) is 1. The van der Waals surface area contributed by atoms with E-state index in [1.165, 1.54) is 11.3 Å². The van der Waals surface area contributed by atoms with Crippen molar-refractivity contribution in [3.8, 4) is 0 Å². The highest BCUT2D eigenvalue weighted by atomic mass is 32.1. The van der Waals surface area contributed by atoms with Gasteiger partial charge in [-0.15, -0.1) is 11.3 Å². The summed E-state index contributed by atoms with van der Waals surface area (Å²) in [4.78, 5) is 45.5. The van der Waals surface area contributed by atoms with Crippen LogP contribution in [0.2, 0.25) is 0 Å². The van der Waals surface area contributed by atoms with Gasteiger partial charge in [-0.25, -0.2) is 9.78 Å². The molecule has 4 amide bonds. The molecular weight excluding hydrogens is 370 g/mol. The third kappa shape index (κ3) is 5.39. The van der Waals surface area contributed by atoms with Crippen LogP contribution in [0.4, 0.5) is 9.93 Å². The van der Waals surface area contributed by atoms with Crippen molar-refractivity contribution in [1.82, 2.24) is 19.7 Å². The maximum Gasteiger partial charge on any atom is 0.323 e. The van der Waals surface area contributed by atoms with Gasteiger partial charge in [0.05, 0.1) is 18.9 Å². The molecule has 0 saturated carbocycles. The summed E-state index contributed by atoms with van der Waals surface area (Å²) in [6.45, 7) is 6.16. The van der Waals surface area contributed by atoms with Crippen LogP contribution in [0.3, 0.4) is 0 Å². The van der Waals surface area contributed by atoms with E-state index in [0.717, 1.165) is 5.69 Å². The molecule has 0 aromatic carbocycles. The number of amides is 4. The van der Waals surface area contributed by atoms with Gasteiger partial charge >= 0.3 is 6.03 Å². The van der Waals surface area contributed by atoms with Crippen LogP contribution in [0, 0.1) is 0 Å². The minimum Gasteiger partial charge on any atom is -0.378 e. The Labute approximate surface area is 162 Å². The standard InChI is InChI=1S/C17H25N5O4S/c1-13(23)20-4-6-21(7-5-20)15(24)3-2-14-12-27-16(18-14)19-17(25)22-8-10-26-11-9-22/h12H,2-11H2,1H3,(H,18,19,25). The van der Waals surface area contributed by atoms with Crippen molar-refractivity contribution in [2.24, 2.45) is 0 Å². The van der Waals surface area contributed by atoms with E-state index in [1.807, 2.05) is 5.38 Å². The van der Waals surface area contributed by atoms with Crippen molar-refractivity contribution in [3.63, 3.8) is 0 Å². The zero-order valence-corrected chi connectivity index (χ0v) is 16.3. The SMILES string of the molecule is CC(=O)N1CCN(C(=O)CCc2csc(NC(=O)N3CCOCC3)n2)CC1. The highest BCUT2D eigenvalue weighted by molar-refractivity contribution is 7.13. The lowest BCUT2D eigenvalue weighted by atomic mass is 10.2. The van der Waals surface area contributed by atoms with E-state index in [1.54, 1.807) is 21.6 Å². The molecule has 0 aliphatic carbocycles. The molecule has 0 unspecified atom stereocenters. The van der Waals surface area contributed by atoms with E-state index < -0.39 is 0 Å². The number of piperazine rings is 1. The summed E-state index contributed by atoms with van der Waals surface area (Å²) in [6.07, 6.45) is 0.913. The molecule has 0 atom stereocenters. The number of hydrogen-bond acceptors (Lipinski definition) is 6. The van der Waals surface area contributed by atoms with Crippen LogP contribution in [0.5, 0.6) is 0 Å². The number of nitrogens with zero attached hydrogens (tertiary/aromatic N) is 4. The Morgan fingerprint density at radius 3 is 2.41 bits per heavy atom. The summed E-state index contributed by atoms with van der Waals surface area (Å²) >= 11 is 1.36. The first-order valence-corrected chi connectivity index (χ1v) is 10.0. The number of rotatable bonds is 4. The Hall–Kier alpha value is -2.20. The lowest BCUT2D eigenvalue weighted by molar-refractivity contribution is -0.138. The van der Waals surface area contributed by atoms with E-state index >= 15 is 0 Å². The molecule has 2 aliphatic heterocycles. The van der Waals surface area contributed by atoms with Crippen LogP contribution in [0.15, 0.2) is 5.38 Å². The summed E-state index contributed by atoms with van der Waals surface area (Å²) in [7, 11) is 0. The molecule has 1 N–H and O–H groups in total. The molecule has 0 spiro atoms. The summed E-state index contributed by atoms with van der Waals surface area (Å²) in [6, 6.07) is -0.168. The fourth-order valence-corrected chi connectivity index (χ4v) is 3.81. The molecule has 1 aromatic rings. The quantitative estimate of drug-likeness (QED) is 0.807. The molecule has 2 fully saturated rings. The molecule has 3 heterocycles. The third-order valence-corrected chi connectivity index (χ3v) is 5.54. The number of anilines is 1. The molecule has 2 saturated heterocycles. The first-order chi connectivity index (χ1) is 13.0. The predicted molar refractivity (Wildman–Crippen MR) is 101 cm³/mol. The van der Waals surface area contributed by atoms with Crippen LogP contribution in [0.1, 0.15) is 19.0 Å². The minimum atomic E-state index is -0.168. The normalized spacial score (nSPS) is 17.7. The molecule has 2 aliphatic rings. The molecule has 0 bridgehead atoms. The Balaban J connectivity index is 1.42. The Bertz CT molecular complexity index is 681. The number of aromatic nitrogens is 1. The molecule has 9 nitrogen and oxygen atoms in total. The van der Waals surface area contributed by atoms with E-state index in [2.05, 4.69) is 10.3 Å². The van der Waals surface area contributed by atoms with Gasteiger partial charge in [0.1, 0.15) is 0 Å². The second kappa shape index (κ2) is 9.14. The van der Waals surface area contributed by atoms with Gasteiger partial charge in [-0.3, -0.25) is 14.9 Å². The van der Waals surface area contributed by atoms with Crippen LogP contribution in [-0.4, -0.2) is 90.0 Å². The Morgan fingerprint density at radius 2 is 1.74 bits per heavy atom. The predicted octanol–water partition coefficient (Wildman–Crippen LogP) is 0.631. The van der Waals surface area contributed by atoms with Crippen molar-refractivity contribution in [1.29, 1.82) is 0 Å². The van der Waals surface area contributed by atoms with Crippen LogP contribution in [0.25, 0.3) is 0 Å². The van der Waals surface area contributed by atoms with E-state index in [0.29, 0.717) is 70.5 Å². The number of carbonyl (C=O) groups is 3. The zero-order valence-electron chi connectivity index (χ0n) is 15.5. The van der Waals surface area contributed by atoms with E-state index in [9.17, 15) is 14.4 Å². The van der Waals surface area contributed by atoms with Crippen LogP contribution < -0.4 is 5.32 Å². The number of carbonyl (C=O) groups excluding carboxylic acids is 3. The molecule has 0 radical (unpaired) electrons. The number of urea groups is 1. The molecule has 1 aromatic heterocycles. The first kappa shape index (κ1) is 19.6. The van der Waals surface area contributed by atoms with Gasteiger partial charge in [-0.1, -0.05) is 0 Å². The third-order valence-electron chi connectivity index (χ3n) is 4.74.